The van der Waals surface area contributed by atoms with E-state index in [0.717, 1.165) is 29.6 Å². The van der Waals surface area contributed by atoms with Crippen molar-refractivity contribution in [2.24, 2.45) is 29.6 Å². The third-order valence-corrected chi connectivity index (χ3v) is 6.43. The highest BCUT2D eigenvalue weighted by Crippen LogP contribution is 2.65. The van der Waals surface area contributed by atoms with Crippen molar-refractivity contribution in [1.82, 2.24) is 0 Å². The van der Waals surface area contributed by atoms with Gasteiger partial charge in [0, 0.05) is 0 Å². The summed E-state index contributed by atoms with van der Waals surface area (Å²) in [4.78, 5) is 0. The maximum atomic E-state index is 10.3. The predicted octanol–water partition coefficient (Wildman–Crippen LogP) is 4.49. The molecule has 1 nitrogen and oxygen atoms in total. The van der Waals surface area contributed by atoms with E-state index in [1.165, 1.54) is 36.8 Å². The Morgan fingerprint density at radius 1 is 1.11 bits per heavy atom. The standard InChI is InChI=1S/C18H24O/c1-10-3-6-17(19)16(7-10)14-5-4-13-12-8-11(2)15(9-12)18(13)14/h3,6-7,11-15,18-19H,4-5,8-9H2,1-2H3. The van der Waals surface area contributed by atoms with E-state index in [1.54, 1.807) is 0 Å². The maximum absolute atomic E-state index is 10.3. The molecule has 4 rings (SSSR count). The van der Waals surface area contributed by atoms with Crippen molar-refractivity contribution in [1.29, 1.82) is 0 Å². The van der Waals surface area contributed by atoms with Crippen LogP contribution >= 0.6 is 0 Å². The van der Waals surface area contributed by atoms with Crippen LogP contribution in [0.15, 0.2) is 18.2 Å². The second-order valence-corrected chi connectivity index (χ2v) is 7.36. The minimum Gasteiger partial charge on any atom is -0.508 e. The SMILES string of the molecule is Cc1ccc(O)c(C2CCC3C4CC(C)C(C4)C23)c1. The summed E-state index contributed by atoms with van der Waals surface area (Å²) in [5, 5.41) is 10.3. The van der Waals surface area contributed by atoms with E-state index < -0.39 is 0 Å². The Morgan fingerprint density at radius 3 is 2.79 bits per heavy atom. The van der Waals surface area contributed by atoms with Crippen LogP contribution in [0.25, 0.3) is 0 Å². The first kappa shape index (κ1) is 11.8. The molecule has 3 saturated carbocycles. The van der Waals surface area contributed by atoms with Gasteiger partial charge in [0.15, 0.2) is 0 Å². The summed E-state index contributed by atoms with van der Waals surface area (Å²) in [7, 11) is 0. The van der Waals surface area contributed by atoms with Crippen molar-refractivity contribution in [2.75, 3.05) is 0 Å². The van der Waals surface area contributed by atoms with Gasteiger partial charge in [-0.15, -0.1) is 0 Å². The Morgan fingerprint density at radius 2 is 1.95 bits per heavy atom. The molecular formula is C18H24O. The number of benzene rings is 1. The molecule has 3 fully saturated rings. The van der Waals surface area contributed by atoms with E-state index in [0.29, 0.717) is 11.7 Å². The fourth-order valence-electron chi connectivity index (χ4n) is 5.77. The highest BCUT2D eigenvalue weighted by Gasteiger charge is 2.56. The third kappa shape index (κ3) is 1.60. The van der Waals surface area contributed by atoms with Gasteiger partial charge in [-0.2, -0.15) is 0 Å². The van der Waals surface area contributed by atoms with Crippen molar-refractivity contribution in [3.05, 3.63) is 29.3 Å². The Balaban J connectivity index is 1.71. The van der Waals surface area contributed by atoms with Gasteiger partial charge in [-0.3, -0.25) is 0 Å². The molecule has 0 radical (unpaired) electrons. The molecule has 0 aliphatic heterocycles. The number of aryl methyl sites for hydroxylation is 1. The van der Waals surface area contributed by atoms with E-state index in [4.69, 9.17) is 0 Å². The smallest absolute Gasteiger partial charge is 0.119 e. The molecular weight excluding hydrogens is 232 g/mol. The average Bonchev–Trinajstić information content (AvgIpc) is 3.02. The Labute approximate surface area is 116 Å². The number of aromatic hydroxyl groups is 1. The summed E-state index contributed by atoms with van der Waals surface area (Å²) < 4.78 is 0. The molecule has 1 aromatic rings. The van der Waals surface area contributed by atoms with Crippen LogP contribution in [0.2, 0.25) is 0 Å². The molecule has 1 aromatic carbocycles. The molecule has 0 heterocycles. The molecule has 0 spiro atoms. The molecule has 6 unspecified atom stereocenters. The van der Waals surface area contributed by atoms with Gasteiger partial charge in [0.1, 0.15) is 5.75 Å². The highest BCUT2D eigenvalue weighted by atomic mass is 16.3. The number of hydrogen-bond donors (Lipinski definition) is 1. The van der Waals surface area contributed by atoms with Crippen LogP contribution in [0.5, 0.6) is 5.75 Å². The number of phenols is 1. The molecule has 19 heavy (non-hydrogen) atoms. The summed E-state index contributed by atoms with van der Waals surface area (Å²) in [6.07, 6.45) is 5.64. The van der Waals surface area contributed by atoms with Gasteiger partial charge >= 0.3 is 0 Å². The summed E-state index contributed by atoms with van der Waals surface area (Å²) in [6, 6.07) is 6.16. The zero-order valence-corrected chi connectivity index (χ0v) is 12.0. The van der Waals surface area contributed by atoms with Crippen LogP contribution in [0, 0.1) is 36.5 Å². The van der Waals surface area contributed by atoms with Crippen molar-refractivity contribution < 1.29 is 5.11 Å². The number of fused-ring (bicyclic) bond motifs is 5. The van der Waals surface area contributed by atoms with Crippen LogP contribution in [0.3, 0.4) is 0 Å². The van der Waals surface area contributed by atoms with Crippen LogP contribution in [-0.4, -0.2) is 5.11 Å². The van der Waals surface area contributed by atoms with Gasteiger partial charge in [0.2, 0.25) is 0 Å². The second-order valence-electron chi connectivity index (χ2n) is 7.36. The average molecular weight is 256 g/mol. The molecule has 2 bridgehead atoms. The van der Waals surface area contributed by atoms with E-state index in [2.05, 4.69) is 19.9 Å². The van der Waals surface area contributed by atoms with Crippen molar-refractivity contribution in [3.63, 3.8) is 0 Å². The van der Waals surface area contributed by atoms with Gasteiger partial charge in [-0.25, -0.2) is 0 Å². The molecule has 0 amide bonds. The van der Waals surface area contributed by atoms with E-state index in [-0.39, 0.29) is 0 Å². The van der Waals surface area contributed by atoms with Crippen LogP contribution in [-0.2, 0) is 0 Å². The molecule has 3 aliphatic carbocycles. The monoisotopic (exact) mass is 256 g/mol. The summed E-state index contributed by atoms with van der Waals surface area (Å²) in [6.45, 7) is 4.59. The fourth-order valence-corrected chi connectivity index (χ4v) is 5.77. The molecule has 1 N–H and O–H groups in total. The first-order valence-corrected chi connectivity index (χ1v) is 7.94. The summed E-state index contributed by atoms with van der Waals surface area (Å²) in [5.74, 6) is 5.84. The number of phenolic OH excluding ortho intramolecular Hbond substituents is 1. The topological polar surface area (TPSA) is 20.2 Å². The lowest BCUT2D eigenvalue weighted by molar-refractivity contribution is 0.186. The van der Waals surface area contributed by atoms with Crippen molar-refractivity contribution in [2.45, 2.75) is 45.4 Å². The zero-order chi connectivity index (χ0) is 13.1. The molecule has 6 atom stereocenters. The lowest BCUT2D eigenvalue weighted by atomic mass is 9.71. The molecule has 1 heteroatoms. The maximum Gasteiger partial charge on any atom is 0.119 e. The van der Waals surface area contributed by atoms with Crippen LogP contribution in [0.1, 0.15) is 49.7 Å². The van der Waals surface area contributed by atoms with Gasteiger partial charge in [0.25, 0.3) is 0 Å². The Bertz CT molecular complexity index is 506. The first-order valence-electron chi connectivity index (χ1n) is 7.94. The van der Waals surface area contributed by atoms with Crippen molar-refractivity contribution >= 4 is 0 Å². The van der Waals surface area contributed by atoms with Gasteiger partial charge < -0.3 is 5.11 Å². The van der Waals surface area contributed by atoms with Gasteiger partial charge in [-0.1, -0.05) is 24.6 Å². The first-order chi connectivity index (χ1) is 9.15. The zero-order valence-electron chi connectivity index (χ0n) is 12.0. The number of rotatable bonds is 1. The minimum atomic E-state index is 0.534. The molecule has 3 aliphatic rings. The van der Waals surface area contributed by atoms with E-state index in [9.17, 15) is 5.11 Å². The molecule has 102 valence electrons. The van der Waals surface area contributed by atoms with Crippen LogP contribution in [0.4, 0.5) is 0 Å². The van der Waals surface area contributed by atoms with Crippen LogP contribution < -0.4 is 0 Å². The lowest BCUT2D eigenvalue weighted by Gasteiger charge is -2.33. The van der Waals surface area contributed by atoms with Gasteiger partial charge in [-0.05, 0) is 79.7 Å². The predicted molar refractivity (Wildman–Crippen MR) is 77.2 cm³/mol. The highest BCUT2D eigenvalue weighted by molar-refractivity contribution is 5.40. The number of hydrogen-bond acceptors (Lipinski definition) is 1. The molecule has 0 saturated heterocycles. The Kier molecular flexibility index (Phi) is 2.49. The molecule has 0 aromatic heterocycles. The van der Waals surface area contributed by atoms with Gasteiger partial charge in [0.05, 0.1) is 0 Å². The third-order valence-electron chi connectivity index (χ3n) is 6.43. The normalized spacial score (nSPS) is 43.7. The minimum absolute atomic E-state index is 0.534. The summed E-state index contributed by atoms with van der Waals surface area (Å²) in [5.41, 5.74) is 2.53. The second kappa shape index (κ2) is 4.01. The lowest BCUT2D eigenvalue weighted by Crippen LogP contribution is -2.26. The largest absolute Gasteiger partial charge is 0.508 e. The summed E-state index contributed by atoms with van der Waals surface area (Å²) >= 11 is 0. The van der Waals surface area contributed by atoms with E-state index in [1.807, 2.05) is 12.1 Å². The Hall–Kier alpha value is -0.980. The van der Waals surface area contributed by atoms with Crippen molar-refractivity contribution in [3.8, 4) is 5.75 Å². The quantitative estimate of drug-likeness (QED) is 0.785. The van der Waals surface area contributed by atoms with E-state index >= 15 is 0 Å². The fraction of sp³-hybridized carbons (Fsp3) is 0.667.